The third-order valence-corrected chi connectivity index (χ3v) is 3.37. The monoisotopic (exact) mass is 309 g/mol. The largest absolute Gasteiger partial charge is 0.495 e. The van der Waals surface area contributed by atoms with Crippen molar-refractivity contribution < 1.29 is 14.3 Å². The highest BCUT2D eigenvalue weighted by molar-refractivity contribution is 6.04. The van der Waals surface area contributed by atoms with Crippen LogP contribution in [0.5, 0.6) is 5.75 Å². The van der Waals surface area contributed by atoms with Crippen molar-refractivity contribution in [1.82, 2.24) is 0 Å². The van der Waals surface area contributed by atoms with Gasteiger partial charge in [0.05, 0.1) is 12.8 Å². The maximum atomic E-state index is 12.1. The molecular weight excluding hydrogens is 290 g/mol. The maximum absolute atomic E-state index is 12.1. The predicted molar refractivity (Wildman–Crippen MR) is 91.8 cm³/mol. The van der Waals surface area contributed by atoms with Crippen molar-refractivity contribution in [3.05, 3.63) is 65.2 Å². The van der Waals surface area contributed by atoms with Crippen molar-refractivity contribution in [3.63, 3.8) is 0 Å². The third-order valence-electron chi connectivity index (χ3n) is 3.37. The van der Waals surface area contributed by atoms with E-state index >= 15 is 0 Å². The number of carbonyl (C=O) groups excluding carboxylic acids is 2. The third kappa shape index (κ3) is 4.54. The summed E-state index contributed by atoms with van der Waals surface area (Å²) in [7, 11) is 1.51. The molecule has 1 amide bonds. The number of carbonyl (C=O) groups is 2. The Kier molecular flexibility index (Phi) is 5.31. The standard InChI is InChI=1S/C19H19NO3/c1-13-4-6-15(7-5-13)8-11-19(22)20-17-12-16(14(2)21)9-10-18(17)23-3/h4-12H,1-3H3,(H,20,22)/b11-8+. The van der Waals surface area contributed by atoms with Crippen LogP contribution in [0.25, 0.3) is 6.08 Å². The molecule has 0 saturated heterocycles. The first-order valence-electron chi connectivity index (χ1n) is 7.24. The van der Waals surface area contributed by atoms with Crippen molar-refractivity contribution in [2.75, 3.05) is 12.4 Å². The van der Waals surface area contributed by atoms with Crippen LogP contribution in [-0.2, 0) is 4.79 Å². The number of aryl methyl sites for hydroxylation is 1. The van der Waals surface area contributed by atoms with Gasteiger partial charge >= 0.3 is 0 Å². The zero-order valence-corrected chi connectivity index (χ0v) is 13.4. The molecule has 0 fully saturated rings. The summed E-state index contributed by atoms with van der Waals surface area (Å²) in [6.07, 6.45) is 3.18. The normalized spacial score (nSPS) is 10.6. The topological polar surface area (TPSA) is 55.4 Å². The van der Waals surface area contributed by atoms with Crippen LogP contribution >= 0.6 is 0 Å². The molecule has 23 heavy (non-hydrogen) atoms. The molecule has 2 aromatic carbocycles. The Hall–Kier alpha value is -2.88. The van der Waals surface area contributed by atoms with Crippen LogP contribution in [0.4, 0.5) is 5.69 Å². The van der Waals surface area contributed by atoms with Crippen molar-refractivity contribution >= 4 is 23.5 Å². The molecule has 0 aliphatic rings. The summed E-state index contributed by atoms with van der Waals surface area (Å²) in [5.74, 6) is 0.148. The fourth-order valence-electron chi connectivity index (χ4n) is 2.05. The first-order chi connectivity index (χ1) is 11.0. The molecule has 0 saturated carbocycles. The quantitative estimate of drug-likeness (QED) is 0.674. The average molecular weight is 309 g/mol. The summed E-state index contributed by atoms with van der Waals surface area (Å²) in [5, 5.41) is 2.74. The molecule has 118 valence electrons. The highest BCUT2D eigenvalue weighted by Gasteiger charge is 2.09. The minimum atomic E-state index is -0.287. The minimum Gasteiger partial charge on any atom is -0.495 e. The predicted octanol–water partition coefficient (Wildman–Crippen LogP) is 3.86. The molecule has 0 aliphatic carbocycles. The van der Waals surface area contributed by atoms with Crippen molar-refractivity contribution in [2.45, 2.75) is 13.8 Å². The molecule has 0 aliphatic heterocycles. The fraction of sp³-hybridized carbons (Fsp3) is 0.158. The van der Waals surface area contributed by atoms with Gasteiger partial charge in [0.1, 0.15) is 5.75 Å². The van der Waals surface area contributed by atoms with E-state index in [2.05, 4.69) is 5.32 Å². The van der Waals surface area contributed by atoms with Gasteiger partial charge in [0.25, 0.3) is 0 Å². The molecule has 4 heteroatoms. The number of amides is 1. The Bertz CT molecular complexity index is 746. The number of methoxy groups -OCH3 is 1. The van der Waals surface area contributed by atoms with Crippen LogP contribution in [0.2, 0.25) is 0 Å². The molecular formula is C19H19NO3. The second-order valence-corrected chi connectivity index (χ2v) is 5.20. The second-order valence-electron chi connectivity index (χ2n) is 5.20. The summed E-state index contributed by atoms with van der Waals surface area (Å²) in [6.45, 7) is 3.49. The first kappa shape index (κ1) is 16.5. The number of benzene rings is 2. The number of ether oxygens (including phenoxy) is 1. The number of ketones is 1. The maximum Gasteiger partial charge on any atom is 0.248 e. The Morgan fingerprint density at radius 1 is 1.09 bits per heavy atom. The Morgan fingerprint density at radius 3 is 2.39 bits per heavy atom. The van der Waals surface area contributed by atoms with Gasteiger partial charge in [0, 0.05) is 11.6 Å². The number of Topliss-reactive ketones (excluding diaryl/α,β-unsaturated/α-hetero) is 1. The Balaban J connectivity index is 2.14. The van der Waals surface area contributed by atoms with Gasteiger partial charge in [-0.3, -0.25) is 9.59 Å². The highest BCUT2D eigenvalue weighted by atomic mass is 16.5. The van der Waals surface area contributed by atoms with Gasteiger partial charge in [0.15, 0.2) is 5.78 Å². The molecule has 2 aromatic rings. The van der Waals surface area contributed by atoms with E-state index in [1.165, 1.54) is 20.1 Å². The lowest BCUT2D eigenvalue weighted by Crippen LogP contribution is -2.09. The van der Waals surface area contributed by atoms with Crippen LogP contribution in [0.3, 0.4) is 0 Å². The molecule has 0 spiro atoms. The van der Waals surface area contributed by atoms with Crippen molar-refractivity contribution in [1.29, 1.82) is 0 Å². The van der Waals surface area contributed by atoms with E-state index in [0.717, 1.165) is 11.1 Å². The van der Waals surface area contributed by atoms with E-state index in [1.54, 1.807) is 24.3 Å². The lowest BCUT2D eigenvalue weighted by Gasteiger charge is -2.10. The van der Waals surface area contributed by atoms with E-state index in [-0.39, 0.29) is 11.7 Å². The van der Waals surface area contributed by atoms with Crippen LogP contribution in [0, 0.1) is 6.92 Å². The average Bonchev–Trinajstić information content (AvgIpc) is 2.54. The van der Waals surface area contributed by atoms with Crippen LogP contribution < -0.4 is 10.1 Å². The molecule has 4 nitrogen and oxygen atoms in total. The van der Waals surface area contributed by atoms with Gasteiger partial charge in [0.2, 0.25) is 5.91 Å². The zero-order chi connectivity index (χ0) is 16.8. The lowest BCUT2D eigenvalue weighted by atomic mass is 10.1. The van der Waals surface area contributed by atoms with Crippen molar-refractivity contribution in [2.24, 2.45) is 0 Å². The molecule has 0 radical (unpaired) electrons. The Labute approximate surface area is 135 Å². The fourth-order valence-corrected chi connectivity index (χ4v) is 2.05. The van der Waals surface area contributed by atoms with Gasteiger partial charge in [-0.05, 0) is 43.7 Å². The lowest BCUT2D eigenvalue weighted by molar-refractivity contribution is -0.111. The summed E-state index contributed by atoms with van der Waals surface area (Å²) in [4.78, 5) is 23.5. The number of nitrogens with one attached hydrogen (secondary N) is 1. The van der Waals surface area contributed by atoms with Gasteiger partial charge < -0.3 is 10.1 Å². The second kappa shape index (κ2) is 7.40. The molecule has 2 rings (SSSR count). The molecule has 1 N–H and O–H groups in total. The summed E-state index contributed by atoms with van der Waals surface area (Å²) < 4.78 is 5.21. The van der Waals surface area contributed by atoms with E-state index < -0.39 is 0 Å². The SMILES string of the molecule is COc1ccc(C(C)=O)cc1NC(=O)/C=C/c1ccc(C)cc1. The van der Waals surface area contributed by atoms with Crippen molar-refractivity contribution in [3.8, 4) is 5.75 Å². The van der Waals surface area contributed by atoms with E-state index in [1.807, 2.05) is 31.2 Å². The molecule has 0 aromatic heterocycles. The minimum absolute atomic E-state index is 0.0710. The molecule has 0 bridgehead atoms. The van der Waals surface area contributed by atoms with Gasteiger partial charge in [-0.1, -0.05) is 29.8 Å². The highest BCUT2D eigenvalue weighted by Crippen LogP contribution is 2.25. The number of hydrogen-bond acceptors (Lipinski definition) is 3. The van der Waals surface area contributed by atoms with E-state index in [4.69, 9.17) is 4.74 Å². The van der Waals surface area contributed by atoms with Crippen LogP contribution in [-0.4, -0.2) is 18.8 Å². The van der Waals surface area contributed by atoms with E-state index in [9.17, 15) is 9.59 Å². The van der Waals surface area contributed by atoms with Crippen LogP contribution in [0.15, 0.2) is 48.5 Å². The van der Waals surface area contributed by atoms with E-state index in [0.29, 0.717) is 17.0 Å². The number of rotatable bonds is 5. The summed E-state index contributed by atoms with van der Waals surface area (Å²) >= 11 is 0. The molecule has 0 atom stereocenters. The Morgan fingerprint density at radius 2 is 1.78 bits per heavy atom. The zero-order valence-electron chi connectivity index (χ0n) is 13.4. The summed E-state index contributed by atoms with van der Waals surface area (Å²) in [5.41, 5.74) is 3.09. The van der Waals surface area contributed by atoms with Gasteiger partial charge in [-0.2, -0.15) is 0 Å². The summed E-state index contributed by atoms with van der Waals surface area (Å²) in [6, 6.07) is 12.8. The molecule has 0 unspecified atom stereocenters. The smallest absolute Gasteiger partial charge is 0.248 e. The first-order valence-corrected chi connectivity index (χ1v) is 7.24. The molecule has 0 heterocycles. The van der Waals surface area contributed by atoms with Crippen LogP contribution in [0.1, 0.15) is 28.4 Å². The van der Waals surface area contributed by atoms with Gasteiger partial charge in [-0.25, -0.2) is 0 Å². The van der Waals surface area contributed by atoms with Gasteiger partial charge in [-0.15, -0.1) is 0 Å². The number of hydrogen-bond donors (Lipinski definition) is 1. The number of anilines is 1.